The van der Waals surface area contributed by atoms with Crippen LogP contribution >= 0.6 is 0 Å². The number of amides is 1. The van der Waals surface area contributed by atoms with Crippen molar-refractivity contribution in [3.8, 4) is 5.75 Å². The first-order chi connectivity index (χ1) is 20.9. The fraction of sp³-hybridized carbons (Fsp3) is 0.324. The van der Waals surface area contributed by atoms with E-state index in [0.29, 0.717) is 5.69 Å². The van der Waals surface area contributed by atoms with Crippen LogP contribution in [0.2, 0.25) is 0 Å². The molecular weight excluding hydrogens is 538 g/mol. The standard InChI is InChI=1S/C34H37N7O2/c1-5-27-20-41(21-30-32(43-27)9-7-15-36-30)19-25-16-24(11-10-22(25)2)29(17-33(42)37-26-8-6-14-35-18-26)28-12-13-31-34(23(28)3)38-39-40(31)4/h6-16,18,27,29H,5,17,19-21H2,1-4H3,(H,37,42)/t27-,29-/m1/s1. The molecule has 220 valence electrons. The van der Waals surface area contributed by atoms with E-state index in [2.05, 4.69) is 75.5 Å². The first kappa shape index (κ1) is 28.5. The fourth-order valence-corrected chi connectivity index (χ4v) is 5.95. The second kappa shape index (κ2) is 12.3. The van der Waals surface area contributed by atoms with E-state index in [4.69, 9.17) is 4.74 Å². The number of fused-ring (bicyclic) bond motifs is 2. The van der Waals surface area contributed by atoms with Crippen LogP contribution in [0.15, 0.2) is 73.2 Å². The van der Waals surface area contributed by atoms with Gasteiger partial charge in [-0.2, -0.15) is 0 Å². The van der Waals surface area contributed by atoms with Gasteiger partial charge < -0.3 is 10.1 Å². The first-order valence-corrected chi connectivity index (χ1v) is 14.8. The summed E-state index contributed by atoms with van der Waals surface area (Å²) in [5, 5.41) is 11.7. The van der Waals surface area contributed by atoms with Crippen LogP contribution in [-0.4, -0.2) is 48.4 Å². The highest BCUT2D eigenvalue weighted by molar-refractivity contribution is 5.91. The highest BCUT2D eigenvalue weighted by Crippen LogP contribution is 2.35. The first-order valence-electron chi connectivity index (χ1n) is 14.8. The van der Waals surface area contributed by atoms with Crippen LogP contribution in [-0.2, 0) is 24.9 Å². The SMILES string of the molecule is CC[C@@H]1CN(Cc2cc([C@@H](CC(=O)Nc3cccnc3)c3ccc4c(nnn4C)c3C)ccc2C)Cc2ncccc2O1. The van der Waals surface area contributed by atoms with Gasteiger partial charge in [-0.3, -0.25) is 19.7 Å². The van der Waals surface area contributed by atoms with Gasteiger partial charge in [0.05, 0.1) is 23.1 Å². The Morgan fingerprint density at radius 1 is 1.12 bits per heavy atom. The number of carbonyl (C=O) groups is 1. The number of aromatic nitrogens is 5. The second-order valence-corrected chi connectivity index (χ2v) is 11.4. The molecule has 2 aromatic carbocycles. The predicted molar refractivity (Wildman–Crippen MR) is 167 cm³/mol. The van der Waals surface area contributed by atoms with Gasteiger partial charge in [-0.15, -0.1) is 5.10 Å². The van der Waals surface area contributed by atoms with Crippen LogP contribution in [0.4, 0.5) is 5.69 Å². The molecule has 2 atom stereocenters. The number of anilines is 1. The second-order valence-electron chi connectivity index (χ2n) is 11.4. The van der Waals surface area contributed by atoms with Gasteiger partial charge in [0.15, 0.2) is 0 Å². The van der Waals surface area contributed by atoms with E-state index < -0.39 is 0 Å². The predicted octanol–water partition coefficient (Wildman–Crippen LogP) is 5.71. The summed E-state index contributed by atoms with van der Waals surface area (Å²) in [4.78, 5) is 24.6. The number of ether oxygens (including phenoxy) is 1. The number of nitrogens with zero attached hydrogens (tertiary/aromatic N) is 6. The van der Waals surface area contributed by atoms with Crippen LogP contribution in [0.3, 0.4) is 0 Å². The highest BCUT2D eigenvalue weighted by Gasteiger charge is 2.26. The van der Waals surface area contributed by atoms with Gasteiger partial charge >= 0.3 is 0 Å². The molecule has 0 saturated heterocycles. The average Bonchev–Trinajstić information content (AvgIpc) is 3.29. The number of carbonyl (C=O) groups excluding carboxylic acids is 1. The number of hydrogen-bond donors (Lipinski definition) is 1. The Morgan fingerprint density at radius 3 is 2.79 bits per heavy atom. The molecule has 0 unspecified atom stereocenters. The molecule has 0 radical (unpaired) electrons. The zero-order chi connectivity index (χ0) is 29.9. The fourth-order valence-electron chi connectivity index (χ4n) is 5.95. The molecular formula is C34H37N7O2. The zero-order valence-electron chi connectivity index (χ0n) is 25.1. The van der Waals surface area contributed by atoms with E-state index in [1.807, 2.05) is 43.6 Å². The largest absolute Gasteiger partial charge is 0.487 e. The number of hydrogen-bond acceptors (Lipinski definition) is 7. The molecule has 1 N–H and O–H groups in total. The van der Waals surface area contributed by atoms with Gasteiger partial charge in [-0.25, -0.2) is 4.68 Å². The van der Waals surface area contributed by atoms with Crippen molar-refractivity contribution >= 4 is 22.6 Å². The van der Waals surface area contributed by atoms with Crippen LogP contribution in [0.25, 0.3) is 11.0 Å². The highest BCUT2D eigenvalue weighted by atomic mass is 16.5. The molecule has 3 aromatic heterocycles. The van der Waals surface area contributed by atoms with Gasteiger partial charge in [0, 0.05) is 51.4 Å². The van der Waals surface area contributed by atoms with E-state index in [-0.39, 0.29) is 24.3 Å². The van der Waals surface area contributed by atoms with Crippen molar-refractivity contribution in [3.05, 3.63) is 107 Å². The van der Waals surface area contributed by atoms with Gasteiger partial charge in [0.2, 0.25) is 5.91 Å². The van der Waals surface area contributed by atoms with Crippen molar-refractivity contribution in [1.29, 1.82) is 0 Å². The molecule has 9 nitrogen and oxygen atoms in total. The molecule has 0 bridgehead atoms. The quantitative estimate of drug-likeness (QED) is 0.253. The summed E-state index contributed by atoms with van der Waals surface area (Å²) in [6, 6.07) is 18.4. The average molecular weight is 576 g/mol. The van der Waals surface area contributed by atoms with E-state index in [1.165, 1.54) is 11.1 Å². The maximum Gasteiger partial charge on any atom is 0.225 e. The third-order valence-electron chi connectivity index (χ3n) is 8.39. The smallest absolute Gasteiger partial charge is 0.225 e. The number of benzene rings is 2. The molecule has 1 aliphatic rings. The van der Waals surface area contributed by atoms with Gasteiger partial charge in [0.1, 0.15) is 17.4 Å². The van der Waals surface area contributed by atoms with E-state index >= 15 is 0 Å². The lowest BCUT2D eigenvalue weighted by atomic mass is 9.84. The molecule has 6 rings (SSSR count). The number of nitrogens with one attached hydrogen (secondary N) is 1. The molecule has 0 spiro atoms. The van der Waals surface area contributed by atoms with Crippen molar-refractivity contribution in [3.63, 3.8) is 0 Å². The summed E-state index contributed by atoms with van der Waals surface area (Å²) < 4.78 is 8.08. The van der Waals surface area contributed by atoms with Crippen LogP contribution in [0, 0.1) is 13.8 Å². The summed E-state index contributed by atoms with van der Waals surface area (Å²) >= 11 is 0. The minimum absolute atomic E-state index is 0.0723. The van der Waals surface area contributed by atoms with Gasteiger partial charge in [-0.1, -0.05) is 36.4 Å². The van der Waals surface area contributed by atoms with E-state index in [9.17, 15) is 4.79 Å². The zero-order valence-corrected chi connectivity index (χ0v) is 25.1. The van der Waals surface area contributed by atoms with Gasteiger partial charge in [0.25, 0.3) is 0 Å². The molecule has 1 aliphatic heterocycles. The summed E-state index contributed by atoms with van der Waals surface area (Å²) in [6.07, 6.45) is 6.48. The third-order valence-corrected chi connectivity index (χ3v) is 8.39. The Bertz CT molecular complexity index is 1750. The van der Waals surface area contributed by atoms with E-state index in [1.54, 1.807) is 17.1 Å². The van der Waals surface area contributed by atoms with E-state index in [0.717, 1.165) is 65.2 Å². The number of rotatable bonds is 8. The Labute approximate surface area is 251 Å². The molecule has 9 heteroatoms. The minimum atomic E-state index is -0.180. The van der Waals surface area contributed by atoms with Crippen molar-refractivity contribution in [2.24, 2.45) is 7.05 Å². The van der Waals surface area contributed by atoms with Crippen LogP contribution < -0.4 is 10.1 Å². The summed E-state index contributed by atoms with van der Waals surface area (Å²) in [6.45, 7) is 8.67. The molecule has 0 saturated carbocycles. The normalized spacial score (nSPS) is 15.9. The molecule has 1 amide bonds. The number of pyridine rings is 2. The lowest BCUT2D eigenvalue weighted by Crippen LogP contribution is -2.32. The summed E-state index contributed by atoms with van der Waals surface area (Å²) in [7, 11) is 1.89. The van der Waals surface area contributed by atoms with Crippen molar-refractivity contribution in [2.45, 2.75) is 58.7 Å². The lowest BCUT2D eigenvalue weighted by Gasteiger charge is -2.25. The van der Waals surface area contributed by atoms with Crippen molar-refractivity contribution in [2.75, 3.05) is 11.9 Å². The number of aryl methyl sites for hydroxylation is 3. The maximum atomic E-state index is 13.4. The Kier molecular flexibility index (Phi) is 8.16. The molecule has 0 aliphatic carbocycles. The Morgan fingerprint density at radius 2 is 1.98 bits per heavy atom. The van der Waals surface area contributed by atoms with Crippen molar-refractivity contribution < 1.29 is 9.53 Å². The third kappa shape index (κ3) is 6.12. The summed E-state index contributed by atoms with van der Waals surface area (Å²) in [5.41, 5.74) is 9.08. The Balaban J connectivity index is 1.35. The Hall–Kier alpha value is -4.63. The lowest BCUT2D eigenvalue weighted by molar-refractivity contribution is -0.116. The summed E-state index contributed by atoms with van der Waals surface area (Å²) in [5.74, 6) is 0.620. The molecule has 0 fully saturated rings. The van der Waals surface area contributed by atoms with Crippen molar-refractivity contribution in [1.82, 2.24) is 29.9 Å². The maximum absolute atomic E-state index is 13.4. The van der Waals surface area contributed by atoms with Gasteiger partial charge in [-0.05, 0) is 78.4 Å². The van der Waals surface area contributed by atoms with Crippen LogP contribution in [0.5, 0.6) is 5.75 Å². The molecule has 5 aromatic rings. The van der Waals surface area contributed by atoms with Crippen LogP contribution in [0.1, 0.15) is 59.2 Å². The molecule has 43 heavy (non-hydrogen) atoms. The topological polar surface area (TPSA) is 98.1 Å². The minimum Gasteiger partial charge on any atom is -0.487 e. The molecule has 4 heterocycles. The monoisotopic (exact) mass is 575 g/mol.